The Morgan fingerprint density at radius 2 is 1.24 bits per heavy atom. The van der Waals surface area contributed by atoms with Crippen molar-refractivity contribution in [3.05, 3.63) is 72.6 Å². The lowest BCUT2D eigenvalue weighted by atomic mass is 10.4. The van der Waals surface area contributed by atoms with Crippen molar-refractivity contribution in [2.45, 2.75) is 0 Å². The lowest BCUT2D eigenvalue weighted by Gasteiger charge is -2.15. The van der Waals surface area contributed by atoms with Crippen LogP contribution in [-0.4, -0.2) is 0 Å². The summed E-state index contributed by atoms with van der Waals surface area (Å²) in [5.74, 6) is 0. The molecule has 0 spiro atoms. The van der Waals surface area contributed by atoms with Crippen molar-refractivity contribution in [2.24, 2.45) is 0 Å². The Hall–Kier alpha value is -1.53. The van der Waals surface area contributed by atoms with Gasteiger partial charge in [0.25, 0.3) is 0 Å². The smallest absolute Gasteiger partial charge is 0.159 e. The van der Waals surface area contributed by atoms with E-state index in [0.717, 1.165) is 10.6 Å². The second-order valence-corrected chi connectivity index (χ2v) is 5.57. The van der Waals surface area contributed by atoms with Crippen LogP contribution in [0.3, 0.4) is 0 Å². The molecule has 0 saturated heterocycles. The highest BCUT2D eigenvalue weighted by Gasteiger charge is 2.18. The van der Waals surface area contributed by atoms with E-state index in [9.17, 15) is 8.78 Å². The van der Waals surface area contributed by atoms with Crippen LogP contribution in [0, 0.1) is 0 Å². The highest BCUT2D eigenvalue weighted by atomic mass is 31.1. The molecule has 0 N–H and O–H groups in total. The van der Waals surface area contributed by atoms with Crippen LogP contribution in [0.5, 0.6) is 0 Å². The molecule has 0 unspecified atom stereocenters. The molecule has 2 rings (SSSR count). The molecule has 0 amide bonds. The Bertz CT molecular complexity index is 455. The maximum atomic E-state index is 13.7. The standard InChI is InChI=1S/C14H11F2P/c15-11-14(16)17(12-7-3-1-4-8-12)13-9-5-2-6-10-13/h1-11H/b14-11-. The van der Waals surface area contributed by atoms with E-state index in [1.54, 1.807) is 0 Å². The predicted molar refractivity (Wildman–Crippen MR) is 69.4 cm³/mol. The van der Waals surface area contributed by atoms with E-state index < -0.39 is 13.5 Å². The van der Waals surface area contributed by atoms with Gasteiger partial charge in [0.1, 0.15) is 6.33 Å². The molecule has 0 bridgehead atoms. The quantitative estimate of drug-likeness (QED) is 0.723. The molecule has 0 heterocycles. The molecule has 0 radical (unpaired) electrons. The third kappa shape index (κ3) is 2.78. The average Bonchev–Trinajstić information content (AvgIpc) is 2.41. The van der Waals surface area contributed by atoms with E-state index in [0.29, 0.717) is 0 Å². The Labute approximate surface area is 100 Å². The summed E-state index contributed by atoms with van der Waals surface area (Å²) in [7, 11) is -1.39. The van der Waals surface area contributed by atoms with Gasteiger partial charge in [-0.25, -0.2) is 8.78 Å². The van der Waals surface area contributed by atoms with Crippen molar-refractivity contribution in [1.82, 2.24) is 0 Å². The van der Waals surface area contributed by atoms with Crippen molar-refractivity contribution in [3.8, 4) is 0 Å². The molecule has 0 atom stereocenters. The molecular weight excluding hydrogens is 237 g/mol. The fourth-order valence-corrected chi connectivity index (χ4v) is 3.43. The number of benzene rings is 2. The van der Waals surface area contributed by atoms with Crippen LogP contribution in [0.2, 0.25) is 0 Å². The normalized spacial score (nSPS) is 11.8. The number of halogens is 2. The summed E-state index contributed by atoms with van der Waals surface area (Å²) in [6.07, 6.45) is 0.0612. The molecule has 3 heteroatoms. The first-order valence-electron chi connectivity index (χ1n) is 5.19. The van der Waals surface area contributed by atoms with Gasteiger partial charge < -0.3 is 0 Å². The van der Waals surface area contributed by atoms with Gasteiger partial charge in [-0.15, -0.1) is 0 Å². The minimum Gasteiger partial charge on any atom is -0.212 e. The van der Waals surface area contributed by atoms with Crippen LogP contribution in [0.25, 0.3) is 0 Å². The highest BCUT2D eigenvalue weighted by molar-refractivity contribution is 7.76. The zero-order valence-electron chi connectivity index (χ0n) is 9.05. The van der Waals surface area contributed by atoms with Crippen LogP contribution in [0.1, 0.15) is 0 Å². The van der Waals surface area contributed by atoms with Crippen LogP contribution in [-0.2, 0) is 0 Å². The zero-order chi connectivity index (χ0) is 12.1. The molecular formula is C14H11F2P. The maximum Gasteiger partial charge on any atom is 0.159 e. The lowest BCUT2D eigenvalue weighted by molar-refractivity contribution is 0.628. The van der Waals surface area contributed by atoms with Crippen molar-refractivity contribution in [2.75, 3.05) is 0 Å². The van der Waals surface area contributed by atoms with Gasteiger partial charge in [0, 0.05) is 7.92 Å². The highest BCUT2D eigenvalue weighted by Crippen LogP contribution is 2.43. The Morgan fingerprint density at radius 1 is 0.824 bits per heavy atom. The number of hydrogen-bond acceptors (Lipinski definition) is 0. The summed E-state index contributed by atoms with van der Waals surface area (Å²) >= 11 is 0. The molecule has 0 aliphatic carbocycles. The van der Waals surface area contributed by atoms with E-state index in [1.165, 1.54) is 0 Å². The van der Waals surface area contributed by atoms with Crippen LogP contribution >= 0.6 is 7.92 Å². The van der Waals surface area contributed by atoms with Gasteiger partial charge >= 0.3 is 0 Å². The Balaban J connectivity index is 2.47. The first-order chi connectivity index (χ1) is 8.33. The minimum atomic E-state index is -1.39. The molecule has 0 aromatic heterocycles. The molecule has 0 saturated carbocycles. The van der Waals surface area contributed by atoms with Crippen LogP contribution in [0.4, 0.5) is 8.78 Å². The maximum absolute atomic E-state index is 13.7. The van der Waals surface area contributed by atoms with E-state index in [1.807, 2.05) is 60.7 Å². The first kappa shape index (κ1) is 11.9. The molecule has 0 fully saturated rings. The Morgan fingerprint density at radius 3 is 1.59 bits per heavy atom. The van der Waals surface area contributed by atoms with Crippen molar-refractivity contribution >= 4 is 18.5 Å². The molecule has 2 aromatic carbocycles. The summed E-state index contributed by atoms with van der Waals surface area (Å²) in [5, 5.41) is 1.61. The lowest BCUT2D eigenvalue weighted by Crippen LogP contribution is -2.11. The summed E-state index contributed by atoms with van der Waals surface area (Å²) in [6.45, 7) is 0. The second kappa shape index (κ2) is 5.70. The molecule has 0 nitrogen and oxygen atoms in total. The van der Waals surface area contributed by atoms with Crippen LogP contribution < -0.4 is 10.6 Å². The summed E-state index contributed by atoms with van der Waals surface area (Å²) in [5.41, 5.74) is -0.711. The summed E-state index contributed by atoms with van der Waals surface area (Å²) < 4.78 is 26.2. The van der Waals surface area contributed by atoms with Crippen LogP contribution in [0.15, 0.2) is 72.6 Å². The summed E-state index contributed by atoms with van der Waals surface area (Å²) in [4.78, 5) is 0. The van der Waals surface area contributed by atoms with Gasteiger partial charge in [0.2, 0.25) is 0 Å². The summed E-state index contributed by atoms with van der Waals surface area (Å²) in [6, 6.07) is 18.3. The number of rotatable bonds is 3. The average molecular weight is 248 g/mol. The van der Waals surface area contributed by atoms with Crippen molar-refractivity contribution in [3.63, 3.8) is 0 Å². The molecule has 2 aromatic rings. The Kier molecular flexibility index (Phi) is 4.00. The third-order valence-electron chi connectivity index (χ3n) is 2.33. The monoisotopic (exact) mass is 248 g/mol. The van der Waals surface area contributed by atoms with Gasteiger partial charge in [0.05, 0.1) is 0 Å². The zero-order valence-corrected chi connectivity index (χ0v) is 9.95. The topological polar surface area (TPSA) is 0 Å². The SMILES string of the molecule is F/C=C(/F)P(c1ccccc1)c1ccccc1. The van der Waals surface area contributed by atoms with Crippen molar-refractivity contribution in [1.29, 1.82) is 0 Å². The van der Waals surface area contributed by atoms with E-state index in [4.69, 9.17) is 0 Å². The number of hydrogen-bond donors (Lipinski definition) is 0. The van der Waals surface area contributed by atoms with Gasteiger partial charge in [-0.2, -0.15) is 0 Å². The molecule has 17 heavy (non-hydrogen) atoms. The first-order valence-corrected chi connectivity index (χ1v) is 6.53. The largest absolute Gasteiger partial charge is 0.212 e. The van der Waals surface area contributed by atoms with Gasteiger partial charge in [-0.05, 0) is 10.6 Å². The minimum absolute atomic E-state index is 0.0612. The predicted octanol–water partition coefficient (Wildman–Crippen LogP) is 3.86. The van der Waals surface area contributed by atoms with Crippen molar-refractivity contribution < 1.29 is 8.78 Å². The van der Waals surface area contributed by atoms with E-state index in [2.05, 4.69) is 0 Å². The van der Waals surface area contributed by atoms with E-state index >= 15 is 0 Å². The second-order valence-electron chi connectivity index (χ2n) is 3.44. The third-order valence-corrected chi connectivity index (χ3v) is 4.49. The molecule has 0 aliphatic heterocycles. The fourth-order valence-electron chi connectivity index (χ4n) is 1.60. The van der Waals surface area contributed by atoms with Gasteiger partial charge in [0.15, 0.2) is 5.57 Å². The van der Waals surface area contributed by atoms with E-state index in [-0.39, 0.29) is 6.33 Å². The molecule has 86 valence electrons. The molecule has 0 aliphatic rings. The fraction of sp³-hybridized carbons (Fsp3) is 0. The van der Waals surface area contributed by atoms with Gasteiger partial charge in [-0.3, -0.25) is 0 Å². The van der Waals surface area contributed by atoms with Gasteiger partial charge in [-0.1, -0.05) is 60.7 Å².